The van der Waals surface area contributed by atoms with Gasteiger partial charge in [0.25, 0.3) is 0 Å². The first-order chi connectivity index (χ1) is 8.16. The Balaban J connectivity index is 1.96. The number of rotatable bonds is 4. The number of aliphatic hydroxyl groups is 1. The predicted octanol–water partition coefficient (Wildman–Crippen LogP) is 2.10. The minimum atomic E-state index is -0.893. The summed E-state index contributed by atoms with van der Waals surface area (Å²) in [5.74, 6) is 1.36. The van der Waals surface area contributed by atoms with Crippen LogP contribution in [-0.4, -0.2) is 24.4 Å². The summed E-state index contributed by atoms with van der Waals surface area (Å²) in [7, 11) is 1.63. The number of methoxy groups -OCH3 is 1. The van der Waals surface area contributed by atoms with E-state index in [2.05, 4.69) is 6.07 Å². The van der Waals surface area contributed by atoms with Crippen molar-refractivity contribution in [1.82, 2.24) is 0 Å². The molecule has 3 nitrogen and oxygen atoms in total. The molecule has 17 heavy (non-hydrogen) atoms. The van der Waals surface area contributed by atoms with Gasteiger partial charge in [0, 0.05) is 7.11 Å². The zero-order valence-electron chi connectivity index (χ0n) is 10.5. The predicted molar refractivity (Wildman–Crippen MR) is 63.0 cm³/mol. The van der Waals surface area contributed by atoms with Crippen molar-refractivity contribution in [2.24, 2.45) is 23.2 Å². The molecule has 3 rings (SSSR count). The highest BCUT2D eigenvalue weighted by atomic mass is 16.5. The molecule has 0 amide bonds. The van der Waals surface area contributed by atoms with Crippen LogP contribution in [0.4, 0.5) is 0 Å². The van der Waals surface area contributed by atoms with Crippen molar-refractivity contribution in [2.75, 3.05) is 13.7 Å². The van der Waals surface area contributed by atoms with Gasteiger partial charge >= 0.3 is 0 Å². The second-order valence-electron chi connectivity index (χ2n) is 6.29. The molecule has 0 saturated heterocycles. The molecule has 0 aromatic heterocycles. The molecule has 94 valence electrons. The summed E-state index contributed by atoms with van der Waals surface area (Å²) in [6.07, 6.45) is 6.52. The zero-order valence-corrected chi connectivity index (χ0v) is 10.5. The van der Waals surface area contributed by atoms with Gasteiger partial charge in [-0.1, -0.05) is 6.42 Å². The highest BCUT2D eigenvalue weighted by Gasteiger charge is 2.66. The second-order valence-corrected chi connectivity index (χ2v) is 6.29. The molecule has 0 aromatic carbocycles. The summed E-state index contributed by atoms with van der Waals surface area (Å²) >= 11 is 0. The van der Waals surface area contributed by atoms with Gasteiger partial charge in [0.2, 0.25) is 0 Å². The first-order valence-corrected chi connectivity index (χ1v) is 6.79. The van der Waals surface area contributed by atoms with E-state index < -0.39 is 11.0 Å². The molecule has 0 spiro atoms. The van der Waals surface area contributed by atoms with Gasteiger partial charge in [-0.25, -0.2) is 0 Å². The summed E-state index contributed by atoms with van der Waals surface area (Å²) < 4.78 is 5.25. The Hall–Kier alpha value is -0.590. The van der Waals surface area contributed by atoms with Gasteiger partial charge in [0.1, 0.15) is 5.60 Å². The lowest BCUT2D eigenvalue weighted by Gasteiger charge is -2.45. The average Bonchev–Trinajstić information content (AvgIpc) is 3.00. The standard InChI is InChI=1S/C14H21NO2/c1-17-9-14(16,11-4-5-11)13(8-15)7-10-2-3-12(13)6-10/h10-12,16H,2-7,9H2,1H3. The minimum Gasteiger partial charge on any atom is -0.386 e. The van der Waals surface area contributed by atoms with E-state index in [4.69, 9.17) is 4.74 Å². The molecule has 3 aliphatic rings. The van der Waals surface area contributed by atoms with Crippen molar-refractivity contribution in [3.8, 4) is 6.07 Å². The molecule has 4 atom stereocenters. The number of fused-ring (bicyclic) bond motifs is 2. The van der Waals surface area contributed by atoms with Crippen LogP contribution in [0.5, 0.6) is 0 Å². The van der Waals surface area contributed by atoms with Crippen LogP contribution in [0.2, 0.25) is 0 Å². The molecule has 0 heterocycles. The Morgan fingerprint density at radius 3 is 2.59 bits per heavy atom. The topological polar surface area (TPSA) is 53.2 Å². The van der Waals surface area contributed by atoms with Crippen molar-refractivity contribution in [3.63, 3.8) is 0 Å². The number of hydrogen-bond acceptors (Lipinski definition) is 3. The van der Waals surface area contributed by atoms with E-state index in [1.165, 1.54) is 6.42 Å². The van der Waals surface area contributed by atoms with Crippen molar-refractivity contribution in [2.45, 2.75) is 44.1 Å². The van der Waals surface area contributed by atoms with Crippen LogP contribution >= 0.6 is 0 Å². The molecule has 0 aromatic rings. The Kier molecular flexibility index (Phi) is 2.50. The van der Waals surface area contributed by atoms with Crippen molar-refractivity contribution >= 4 is 0 Å². The quantitative estimate of drug-likeness (QED) is 0.812. The average molecular weight is 235 g/mol. The smallest absolute Gasteiger partial charge is 0.110 e. The summed E-state index contributed by atoms with van der Waals surface area (Å²) in [4.78, 5) is 0. The molecule has 3 fully saturated rings. The largest absolute Gasteiger partial charge is 0.386 e. The maximum absolute atomic E-state index is 11.1. The maximum Gasteiger partial charge on any atom is 0.110 e. The molecule has 1 N–H and O–H groups in total. The number of nitrogens with zero attached hydrogens (tertiary/aromatic N) is 1. The minimum absolute atomic E-state index is 0.293. The molecular weight excluding hydrogens is 214 g/mol. The third kappa shape index (κ3) is 1.41. The molecule has 0 radical (unpaired) electrons. The van der Waals surface area contributed by atoms with E-state index in [-0.39, 0.29) is 0 Å². The van der Waals surface area contributed by atoms with Crippen LogP contribution in [0.1, 0.15) is 38.5 Å². The van der Waals surface area contributed by atoms with Crippen LogP contribution in [0, 0.1) is 34.5 Å². The fourth-order valence-corrected chi connectivity index (χ4v) is 4.49. The normalized spacial score (nSPS) is 43.4. The lowest BCUT2D eigenvalue weighted by Crippen LogP contribution is -2.55. The summed E-state index contributed by atoms with van der Waals surface area (Å²) in [5, 5.41) is 20.8. The molecular formula is C14H21NO2. The van der Waals surface area contributed by atoms with Gasteiger partial charge in [-0.2, -0.15) is 5.26 Å². The second kappa shape index (κ2) is 3.70. The third-order valence-electron chi connectivity index (χ3n) is 5.44. The molecule has 3 saturated carbocycles. The van der Waals surface area contributed by atoms with Crippen molar-refractivity contribution in [1.29, 1.82) is 5.26 Å². The lowest BCUT2D eigenvalue weighted by molar-refractivity contribution is -0.137. The van der Waals surface area contributed by atoms with Crippen molar-refractivity contribution < 1.29 is 9.84 Å². The van der Waals surface area contributed by atoms with Crippen LogP contribution in [-0.2, 0) is 4.74 Å². The summed E-state index contributed by atoms with van der Waals surface area (Å²) in [5.41, 5.74) is -1.41. The SMILES string of the molecule is COCC(O)(C1CC1)C1(C#N)CC2CCC1C2. The van der Waals surface area contributed by atoms with E-state index in [9.17, 15) is 10.4 Å². The number of ether oxygens (including phenoxy) is 1. The monoisotopic (exact) mass is 235 g/mol. The Labute approximate surface area is 103 Å². The van der Waals surface area contributed by atoms with Gasteiger partial charge < -0.3 is 9.84 Å². The van der Waals surface area contributed by atoms with Gasteiger partial charge in [-0.15, -0.1) is 0 Å². The first-order valence-electron chi connectivity index (χ1n) is 6.79. The number of hydrogen-bond donors (Lipinski definition) is 1. The van der Waals surface area contributed by atoms with E-state index in [0.29, 0.717) is 24.4 Å². The Morgan fingerprint density at radius 1 is 1.41 bits per heavy atom. The third-order valence-corrected chi connectivity index (χ3v) is 5.44. The van der Waals surface area contributed by atoms with E-state index in [0.717, 1.165) is 32.1 Å². The Bertz CT molecular complexity index is 360. The van der Waals surface area contributed by atoms with Crippen LogP contribution in [0.25, 0.3) is 0 Å². The first kappa shape index (κ1) is 11.5. The van der Waals surface area contributed by atoms with E-state index >= 15 is 0 Å². The van der Waals surface area contributed by atoms with Crippen molar-refractivity contribution in [3.05, 3.63) is 0 Å². The maximum atomic E-state index is 11.1. The summed E-state index contributed by atoms with van der Waals surface area (Å²) in [6.45, 7) is 0.328. The zero-order chi connectivity index (χ0) is 12.1. The molecule has 2 bridgehead atoms. The van der Waals surface area contributed by atoms with Gasteiger partial charge in [-0.3, -0.25) is 0 Å². The molecule has 3 aliphatic carbocycles. The Morgan fingerprint density at radius 2 is 2.18 bits per heavy atom. The van der Waals surface area contributed by atoms with Gasteiger partial charge in [0.15, 0.2) is 0 Å². The number of nitriles is 1. The van der Waals surface area contributed by atoms with E-state index in [1.54, 1.807) is 7.11 Å². The van der Waals surface area contributed by atoms with Crippen LogP contribution in [0.15, 0.2) is 0 Å². The molecule has 3 heteroatoms. The summed E-state index contributed by atoms with van der Waals surface area (Å²) in [6, 6.07) is 2.53. The van der Waals surface area contributed by atoms with Crippen LogP contribution in [0.3, 0.4) is 0 Å². The molecule has 4 unspecified atom stereocenters. The fraction of sp³-hybridized carbons (Fsp3) is 0.929. The highest BCUT2D eigenvalue weighted by molar-refractivity contribution is 5.23. The molecule has 0 aliphatic heterocycles. The van der Waals surface area contributed by atoms with Gasteiger partial charge in [0.05, 0.1) is 18.1 Å². The van der Waals surface area contributed by atoms with Crippen LogP contribution < -0.4 is 0 Å². The fourth-order valence-electron chi connectivity index (χ4n) is 4.49. The highest BCUT2D eigenvalue weighted by Crippen LogP contribution is 2.64. The van der Waals surface area contributed by atoms with E-state index in [1.807, 2.05) is 0 Å². The van der Waals surface area contributed by atoms with Gasteiger partial charge in [-0.05, 0) is 49.9 Å². The lowest BCUT2D eigenvalue weighted by atomic mass is 9.61.